The van der Waals surface area contributed by atoms with Gasteiger partial charge >= 0.3 is 0 Å². The molecular formula is C15H7ClN2O2. The summed E-state index contributed by atoms with van der Waals surface area (Å²) >= 11 is 5.94. The Kier molecular flexibility index (Phi) is 2.78. The lowest BCUT2D eigenvalue weighted by Crippen LogP contribution is -2.30. The van der Waals surface area contributed by atoms with Crippen molar-refractivity contribution in [2.45, 2.75) is 0 Å². The fourth-order valence-electron chi connectivity index (χ4n) is 2.22. The van der Waals surface area contributed by atoms with Crippen molar-refractivity contribution >= 4 is 29.1 Å². The standard InChI is InChI=1S/C15H7ClN2O2/c16-12-6-3-7-13(11(12)8-17)18-14(19)9-4-1-2-5-10(9)15(18)20/h1-7H. The average molecular weight is 283 g/mol. The minimum atomic E-state index is -0.440. The zero-order valence-electron chi connectivity index (χ0n) is 10.1. The van der Waals surface area contributed by atoms with E-state index in [1.54, 1.807) is 36.4 Å². The lowest BCUT2D eigenvalue weighted by molar-refractivity contribution is 0.0926. The lowest BCUT2D eigenvalue weighted by atomic mass is 10.1. The first kappa shape index (κ1) is 12.4. The highest BCUT2D eigenvalue weighted by Gasteiger charge is 2.37. The maximum absolute atomic E-state index is 12.3. The van der Waals surface area contributed by atoms with E-state index in [4.69, 9.17) is 16.9 Å². The topological polar surface area (TPSA) is 61.2 Å². The second-order valence-corrected chi connectivity index (χ2v) is 4.64. The molecule has 0 unspecified atom stereocenters. The van der Waals surface area contributed by atoms with E-state index in [-0.39, 0.29) is 16.3 Å². The minimum absolute atomic E-state index is 0.115. The molecule has 0 aliphatic carbocycles. The average Bonchev–Trinajstić information content (AvgIpc) is 2.71. The van der Waals surface area contributed by atoms with Gasteiger partial charge in [-0.05, 0) is 24.3 Å². The molecule has 1 heterocycles. The molecule has 2 aromatic carbocycles. The number of carbonyl (C=O) groups is 2. The molecule has 5 heteroatoms. The summed E-state index contributed by atoms with van der Waals surface area (Å²) in [6, 6.07) is 13.2. The molecule has 96 valence electrons. The van der Waals surface area contributed by atoms with Gasteiger partial charge in [0.15, 0.2) is 0 Å². The largest absolute Gasteiger partial charge is 0.268 e. The normalized spacial score (nSPS) is 13.3. The van der Waals surface area contributed by atoms with Crippen molar-refractivity contribution < 1.29 is 9.59 Å². The number of nitrogens with zero attached hydrogens (tertiary/aromatic N) is 2. The number of carbonyl (C=O) groups excluding carboxylic acids is 2. The summed E-state index contributed by atoms with van der Waals surface area (Å²) in [4.78, 5) is 25.7. The monoisotopic (exact) mass is 282 g/mol. The molecule has 0 N–H and O–H groups in total. The smallest absolute Gasteiger partial charge is 0.266 e. The van der Waals surface area contributed by atoms with Crippen molar-refractivity contribution in [3.05, 3.63) is 64.2 Å². The van der Waals surface area contributed by atoms with E-state index in [0.717, 1.165) is 4.90 Å². The van der Waals surface area contributed by atoms with Crippen molar-refractivity contribution in [3.8, 4) is 6.07 Å². The van der Waals surface area contributed by atoms with Gasteiger partial charge in [-0.2, -0.15) is 5.26 Å². The molecule has 3 rings (SSSR count). The number of benzene rings is 2. The second-order valence-electron chi connectivity index (χ2n) is 4.24. The molecule has 1 aliphatic rings. The molecule has 1 aliphatic heterocycles. The third-order valence-electron chi connectivity index (χ3n) is 3.14. The van der Waals surface area contributed by atoms with Gasteiger partial charge in [0.05, 0.1) is 27.4 Å². The van der Waals surface area contributed by atoms with E-state index in [9.17, 15) is 9.59 Å². The van der Waals surface area contributed by atoms with Crippen LogP contribution < -0.4 is 4.90 Å². The molecule has 0 spiro atoms. The van der Waals surface area contributed by atoms with Crippen LogP contribution in [0.15, 0.2) is 42.5 Å². The van der Waals surface area contributed by atoms with Crippen LogP contribution in [-0.2, 0) is 0 Å². The third-order valence-corrected chi connectivity index (χ3v) is 3.45. The number of rotatable bonds is 1. The van der Waals surface area contributed by atoms with Crippen LogP contribution in [0.1, 0.15) is 26.3 Å². The molecule has 0 saturated heterocycles. The van der Waals surface area contributed by atoms with Gasteiger partial charge in [-0.3, -0.25) is 9.59 Å². The van der Waals surface area contributed by atoms with Crippen molar-refractivity contribution in [1.29, 1.82) is 5.26 Å². The van der Waals surface area contributed by atoms with Crippen LogP contribution in [-0.4, -0.2) is 11.8 Å². The summed E-state index contributed by atoms with van der Waals surface area (Å²) in [7, 11) is 0. The van der Waals surface area contributed by atoms with Gasteiger partial charge in [-0.1, -0.05) is 29.8 Å². The van der Waals surface area contributed by atoms with Crippen molar-refractivity contribution in [2.75, 3.05) is 4.90 Å². The molecule has 0 bridgehead atoms. The van der Waals surface area contributed by atoms with E-state index in [2.05, 4.69) is 0 Å². The van der Waals surface area contributed by atoms with Gasteiger partial charge in [-0.15, -0.1) is 0 Å². The Bertz CT molecular complexity index is 758. The van der Waals surface area contributed by atoms with E-state index in [1.165, 1.54) is 6.07 Å². The highest BCUT2D eigenvalue weighted by atomic mass is 35.5. The molecule has 2 amide bonds. The Morgan fingerprint density at radius 2 is 1.55 bits per heavy atom. The Hall–Kier alpha value is -2.64. The zero-order valence-corrected chi connectivity index (χ0v) is 10.9. The summed E-state index contributed by atoms with van der Waals surface area (Å²) in [6.45, 7) is 0. The number of amides is 2. The van der Waals surface area contributed by atoms with Gasteiger partial charge in [0, 0.05) is 0 Å². The van der Waals surface area contributed by atoms with Gasteiger partial charge in [0.25, 0.3) is 11.8 Å². The molecular weight excluding hydrogens is 276 g/mol. The van der Waals surface area contributed by atoms with E-state index < -0.39 is 11.8 Å². The van der Waals surface area contributed by atoms with Gasteiger partial charge in [0.2, 0.25) is 0 Å². The van der Waals surface area contributed by atoms with E-state index >= 15 is 0 Å². The third kappa shape index (κ3) is 1.61. The quantitative estimate of drug-likeness (QED) is 0.755. The fourth-order valence-corrected chi connectivity index (χ4v) is 2.43. The molecule has 20 heavy (non-hydrogen) atoms. The van der Waals surface area contributed by atoms with E-state index in [0.29, 0.717) is 11.1 Å². The number of hydrogen-bond donors (Lipinski definition) is 0. The summed E-state index contributed by atoms with van der Waals surface area (Å²) in [5.41, 5.74) is 0.998. The molecule has 0 atom stereocenters. The Morgan fingerprint density at radius 3 is 2.10 bits per heavy atom. The van der Waals surface area contributed by atoms with Crippen LogP contribution in [0.4, 0.5) is 5.69 Å². The van der Waals surface area contributed by atoms with Crippen LogP contribution in [0.3, 0.4) is 0 Å². The minimum Gasteiger partial charge on any atom is -0.268 e. The number of anilines is 1. The molecule has 0 fully saturated rings. The summed E-state index contributed by atoms with van der Waals surface area (Å²) < 4.78 is 0. The van der Waals surface area contributed by atoms with Gasteiger partial charge in [0.1, 0.15) is 6.07 Å². The Labute approximate surface area is 119 Å². The lowest BCUT2D eigenvalue weighted by Gasteiger charge is -2.15. The Balaban J connectivity index is 2.20. The number of hydrogen-bond acceptors (Lipinski definition) is 3. The Morgan fingerprint density at radius 1 is 0.950 bits per heavy atom. The van der Waals surface area contributed by atoms with Gasteiger partial charge < -0.3 is 0 Å². The summed E-state index contributed by atoms with van der Waals surface area (Å²) in [5.74, 6) is -0.881. The molecule has 2 aromatic rings. The molecule has 4 nitrogen and oxygen atoms in total. The number of nitriles is 1. The van der Waals surface area contributed by atoms with Crippen molar-refractivity contribution in [3.63, 3.8) is 0 Å². The first-order valence-electron chi connectivity index (χ1n) is 5.81. The van der Waals surface area contributed by atoms with Crippen molar-refractivity contribution in [2.24, 2.45) is 0 Å². The number of imide groups is 1. The van der Waals surface area contributed by atoms with Crippen molar-refractivity contribution in [1.82, 2.24) is 0 Å². The molecule has 0 saturated carbocycles. The first-order valence-corrected chi connectivity index (χ1v) is 6.19. The highest BCUT2D eigenvalue weighted by molar-refractivity contribution is 6.36. The van der Waals surface area contributed by atoms with Gasteiger partial charge in [-0.25, -0.2) is 4.90 Å². The van der Waals surface area contributed by atoms with Crippen LogP contribution in [0.2, 0.25) is 5.02 Å². The first-order chi connectivity index (χ1) is 9.65. The summed E-state index contributed by atoms with van der Waals surface area (Å²) in [5, 5.41) is 9.38. The van der Waals surface area contributed by atoms with Crippen LogP contribution >= 0.6 is 11.6 Å². The van der Waals surface area contributed by atoms with Crippen LogP contribution in [0.5, 0.6) is 0 Å². The molecule has 0 radical (unpaired) electrons. The summed E-state index contributed by atoms with van der Waals surface area (Å²) in [6.07, 6.45) is 0. The zero-order chi connectivity index (χ0) is 14.3. The number of fused-ring (bicyclic) bond motifs is 1. The SMILES string of the molecule is N#Cc1c(Cl)cccc1N1C(=O)c2ccccc2C1=O. The van der Waals surface area contributed by atoms with E-state index in [1.807, 2.05) is 6.07 Å². The maximum atomic E-state index is 12.3. The fraction of sp³-hybridized carbons (Fsp3) is 0. The predicted molar refractivity (Wildman–Crippen MR) is 73.7 cm³/mol. The maximum Gasteiger partial charge on any atom is 0.266 e. The highest BCUT2D eigenvalue weighted by Crippen LogP contribution is 2.33. The van der Waals surface area contributed by atoms with Crippen LogP contribution in [0, 0.1) is 11.3 Å². The molecule has 0 aromatic heterocycles. The van der Waals surface area contributed by atoms with Crippen LogP contribution in [0.25, 0.3) is 0 Å². The predicted octanol–water partition coefficient (Wildman–Crippen LogP) is 3.01. The second kappa shape index (κ2) is 4.48. The number of halogens is 1.